The minimum atomic E-state index is -3.99. The van der Waals surface area contributed by atoms with Gasteiger partial charge in [-0.15, -0.1) is 5.92 Å². The Labute approximate surface area is 117 Å². The van der Waals surface area contributed by atoms with Crippen LogP contribution in [0.5, 0.6) is 0 Å². The number of hydrogen-bond donors (Lipinski definition) is 2. The van der Waals surface area contributed by atoms with E-state index in [0.29, 0.717) is 4.57 Å². The van der Waals surface area contributed by atoms with Gasteiger partial charge in [-0.2, -0.15) is 13.8 Å². The summed E-state index contributed by atoms with van der Waals surface area (Å²) in [6.07, 6.45) is -5.75. The molecule has 1 saturated heterocycles. The first-order valence-electron chi connectivity index (χ1n) is 5.92. The van der Waals surface area contributed by atoms with Crippen LogP contribution < -0.4 is 11.4 Å². The molecule has 1 aliphatic heterocycles. The van der Waals surface area contributed by atoms with Crippen LogP contribution >= 0.6 is 0 Å². The van der Waals surface area contributed by atoms with Crippen LogP contribution in [-0.2, 0) is 4.74 Å². The highest BCUT2D eigenvalue weighted by molar-refractivity contribution is 5.48. The van der Waals surface area contributed by atoms with Crippen molar-refractivity contribution in [2.45, 2.75) is 31.3 Å². The summed E-state index contributed by atoms with van der Waals surface area (Å²) in [6, 6.07) is 0. The number of ether oxygens (including phenoxy) is 1. The fourth-order valence-electron chi connectivity index (χ4n) is 1.98. The molecule has 1 aromatic heterocycles. The van der Waals surface area contributed by atoms with Crippen molar-refractivity contribution in [3.05, 3.63) is 22.2 Å². The van der Waals surface area contributed by atoms with Crippen LogP contribution in [0, 0.1) is 11.8 Å². The van der Waals surface area contributed by atoms with Gasteiger partial charge < -0.3 is 15.6 Å². The van der Waals surface area contributed by atoms with Crippen LogP contribution in [-0.4, -0.2) is 39.5 Å². The first kappa shape index (κ1) is 15.3. The van der Waals surface area contributed by atoms with Gasteiger partial charge in [0.2, 0.25) is 6.23 Å². The Hall–Kier alpha value is -2.05. The molecular formula is C12H12F3N3O3. The molecule has 0 aromatic carbocycles. The molecule has 0 spiro atoms. The normalized spacial score (nSPS) is 27.2. The number of nitrogens with two attached hydrogens (primary N) is 1. The molecular weight excluding hydrogens is 291 g/mol. The average molecular weight is 303 g/mol. The maximum Gasteiger partial charge on any atom is 0.351 e. The molecule has 1 aliphatic rings. The summed E-state index contributed by atoms with van der Waals surface area (Å²) in [6.45, 7) is 0.543. The highest BCUT2D eigenvalue weighted by atomic mass is 19.3. The van der Waals surface area contributed by atoms with Crippen LogP contribution in [0.4, 0.5) is 19.0 Å². The van der Waals surface area contributed by atoms with Crippen molar-refractivity contribution in [3.63, 3.8) is 0 Å². The molecule has 1 fully saturated rings. The van der Waals surface area contributed by atoms with Crippen molar-refractivity contribution < 1.29 is 23.0 Å². The Bertz CT molecular complexity index is 665. The predicted molar refractivity (Wildman–Crippen MR) is 66.3 cm³/mol. The van der Waals surface area contributed by atoms with E-state index >= 15 is 0 Å². The lowest BCUT2D eigenvalue weighted by molar-refractivity contribution is -0.130. The van der Waals surface area contributed by atoms with Crippen LogP contribution in [0.1, 0.15) is 18.7 Å². The zero-order chi connectivity index (χ0) is 15.8. The number of aromatic nitrogens is 2. The molecule has 3 atom stereocenters. The maximum atomic E-state index is 13.9. The summed E-state index contributed by atoms with van der Waals surface area (Å²) in [5.74, 6) is 0.760. The molecule has 9 heteroatoms. The van der Waals surface area contributed by atoms with Crippen LogP contribution in [0.15, 0.2) is 11.0 Å². The van der Waals surface area contributed by atoms with Crippen molar-refractivity contribution in [3.8, 4) is 11.8 Å². The quantitative estimate of drug-likeness (QED) is 0.754. The van der Waals surface area contributed by atoms with Gasteiger partial charge in [-0.3, -0.25) is 4.57 Å². The Morgan fingerprint density at radius 1 is 1.62 bits per heavy atom. The molecule has 2 heterocycles. The van der Waals surface area contributed by atoms with E-state index in [2.05, 4.69) is 16.8 Å². The third kappa shape index (κ3) is 2.48. The monoisotopic (exact) mass is 303 g/mol. The van der Waals surface area contributed by atoms with Crippen molar-refractivity contribution >= 4 is 5.82 Å². The van der Waals surface area contributed by atoms with Crippen LogP contribution in [0.3, 0.4) is 0 Å². The zero-order valence-corrected chi connectivity index (χ0v) is 10.9. The highest BCUT2D eigenvalue weighted by Crippen LogP contribution is 2.43. The number of anilines is 1. The first-order chi connectivity index (χ1) is 9.82. The first-order valence-corrected chi connectivity index (χ1v) is 5.92. The molecule has 6 nitrogen and oxygen atoms in total. The van der Waals surface area contributed by atoms with E-state index in [-0.39, 0.29) is 11.4 Å². The standard InChI is InChI=1S/C12H12F3N3O3/c1-2-3-6-4-18(11(20)17-9(6)16)10-12(14,15)8(13)7(5-19)21-10/h4,7-8,10,19H,5H2,1H3,(H2,16,17,20). The van der Waals surface area contributed by atoms with E-state index in [1.807, 2.05) is 0 Å². The number of nitrogen functional groups attached to an aromatic ring is 1. The lowest BCUT2D eigenvalue weighted by Crippen LogP contribution is -2.40. The summed E-state index contributed by atoms with van der Waals surface area (Å²) in [7, 11) is 0. The van der Waals surface area contributed by atoms with E-state index < -0.39 is 36.7 Å². The second kappa shape index (κ2) is 5.38. The van der Waals surface area contributed by atoms with Crippen molar-refractivity contribution in [1.82, 2.24) is 9.55 Å². The van der Waals surface area contributed by atoms with Gasteiger partial charge in [-0.25, -0.2) is 9.18 Å². The lowest BCUT2D eigenvalue weighted by Gasteiger charge is -2.20. The Morgan fingerprint density at radius 3 is 2.81 bits per heavy atom. The summed E-state index contributed by atoms with van der Waals surface area (Å²) < 4.78 is 46.4. The molecule has 0 amide bonds. The lowest BCUT2D eigenvalue weighted by atomic mass is 10.1. The second-order valence-electron chi connectivity index (χ2n) is 4.39. The van der Waals surface area contributed by atoms with Gasteiger partial charge in [0, 0.05) is 6.20 Å². The van der Waals surface area contributed by atoms with E-state index in [9.17, 15) is 18.0 Å². The van der Waals surface area contributed by atoms with E-state index in [0.717, 1.165) is 6.20 Å². The van der Waals surface area contributed by atoms with E-state index in [4.69, 9.17) is 15.6 Å². The second-order valence-corrected chi connectivity index (χ2v) is 4.39. The topological polar surface area (TPSA) is 90.4 Å². The van der Waals surface area contributed by atoms with Gasteiger partial charge in [-0.05, 0) is 6.92 Å². The van der Waals surface area contributed by atoms with Crippen LogP contribution in [0.25, 0.3) is 0 Å². The van der Waals surface area contributed by atoms with Gasteiger partial charge in [-0.1, -0.05) is 5.92 Å². The SMILES string of the molecule is CC#Cc1cn(C2OC(CO)C(F)C2(F)F)c(=O)nc1N. The molecule has 0 radical (unpaired) electrons. The number of aliphatic hydroxyl groups excluding tert-OH is 1. The predicted octanol–water partition coefficient (Wildman–Crippen LogP) is 0.0600. The molecule has 2 rings (SSSR count). The summed E-state index contributed by atoms with van der Waals surface area (Å²) in [5.41, 5.74) is 4.37. The molecule has 114 valence electrons. The number of rotatable bonds is 2. The number of hydrogen-bond acceptors (Lipinski definition) is 5. The van der Waals surface area contributed by atoms with E-state index in [1.54, 1.807) is 0 Å². The zero-order valence-electron chi connectivity index (χ0n) is 10.9. The van der Waals surface area contributed by atoms with Crippen LogP contribution in [0.2, 0.25) is 0 Å². The molecule has 3 N–H and O–H groups in total. The highest BCUT2D eigenvalue weighted by Gasteiger charge is 2.60. The average Bonchev–Trinajstić information content (AvgIpc) is 2.65. The Kier molecular flexibility index (Phi) is 3.93. The molecule has 0 aliphatic carbocycles. The molecule has 3 unspecified atom stereocenters. The van der Waals surface area contributed by atoms with Gasteiger partial charge in [0.1, 0.15) is 11.9 Å². The molecule has 0 saturated carbocycles. The minimum absolute atomic E-state index is 0.0411. The third-order valence-electron chi connectivity index (χ3n) is 3.00. The fraction of sp³-hybridized carbons (Fsp3) is 0.500. The van der Waals surface area contributed by atoms with Gasteiger partial charge >= 0.3 is 11.6 Å². The van der Waals surface area contributed by atoms with Gasteiger partial charge in [0.05, 0.1) is 12.2 Å². The number of halogens is 3. The van der Waals surface area contributed by atoms with Crippen molar-refractivity contribution in [1.29, 1.82) is 0 Å². The van der Waals surface area contributed by atoms with Crippen molar-refractivity contribution in [2.75, 3.05) is 12.3 Å². The molecule has 21 heavy (non-hydrogen) atoms. The summed E-state index contributed by atoms with van der Waals surface area (Å²) >= 11 is 0. The maximum absolute atomic E-state index is 13.9. The summed E-state index contributed by atoms with van der Waals surface area (Å²) in [4.78, 5) is 15.1. The fourth-order valence-corrected chi connectivity index (χ4v) is 1.98. The minimum Gasteiger partial charge on any atom is -0.394 e. The molecule has 0 bridgehead atoms. The third-order valence-corrected chi connectivity index (χ3v) is 3.00. The summed E-state index contributed by atoms with van der Waals surface area (Å²) in [5, 5.41) is 8.84. The van der Waals surface area contributed by atoms with Gasteiger partial charge in [0.15, 0.2) is 6.17 Å². The Balaban J connectivity index is 2.53. The molecule has 1 aromatic rings. The van der Waals surface area contributed by atoms with E-state index in [1.165, 1.54) is 6.92 Å². The Morgan fingerprint density at radius 2 is 2.29 bits per heavy atom. The largest absolute Gasteiger partial charge is 0.394 e. The number of alkyl halides is 3. The number of aliphatic hydroxyl groups is 1. The smallest absolute Gasteiger partial charge is 0.351 e. The van der Waals surface area contributed by atoms with Gasteiger partial charge in [0.25, 0.3) is 0 Å². The van der Waals surface area contributed by atoms with Crippen molar-refractivity contribution in [2.24, 2.45) is 0 Å². The number of nitrogens with zero attached hydrogens (tertiary/aromatic N) is 2.